The van der Waals surface area contributed by atoms with E-state index in [1.165, 1.54) is 25.9 Å². The second-order valence-corrected chi connectivity index (χ2v) is 9.40. The highest BCUT2D eigenvalue weighted by Crippen LogP contribution is 2.19. The predicted octanol–water partition coefficient (Wildman–Crippen LogP) is 1.51. The fourth-order valence-electron chi connectivity index (χ4n) is 4.21. The number of likely N-dealkylation sites (tertiary alicyclic amines) is 1. The number of hydrogen-bond acceptors (Lipinski definition) is 7. The van der Waals surface area contributed by atoms with Crippen LogP contribution in [0, 0.1) is 0 Å². The summed E-state index contributed by atoms with van der Waals surface area (Å²) in [4.78, 5) is 26.0. The molecule has 0 radical (unpaired) electrons. The predicted molar refractivity (Wildman–Crippen MR) is 127 cm³/mol. The lowest BCUT2D eigenvalue weighted by atomic mass is 10.0. The molecule has 168 valence electrons. The summed E-state index contributed by atoms with van der Waals surface area (Å²) in [7, 11) is 4.36. The first kappa shape index (κ1) is 24.5. The Hall–Kier alpha value is -0.810. The molecular weight excluding hydrogens is 483 g/mol. The van der Waals surface area contributed by atoms with Gasteiger partial charge in [0.15, 0.2) is 5.96 Å². The van der Waals surface area contributed by atoms with Gasteiger partial charge in [0, 0.05) is 38.8 Å². The highest BCUT2D eigenvalue weighted by Gasteiger charge is 2.36. The maximum atomic E-state index is 12.3. The molecule has 0 aromatic heterocycles. The highest BCUT2D eigenvalue weighted by molar-refractivity contribution is 14.0. The zero-order valence-electron chi connectivity index (χ0n) is 18.7. The standard InChI is InChI=1S/C20H38N6O2.HI/c1-20(2,3)28-19(27)25-12-13-26-17(15-25)14-22-18(26)21-8-11-24-9-6-16(7-10-24)23(4)5;/h16-17H,6-15H2,1-5H3,(H,21,22);1H. The third kappa shape index (κ3) is 6.85. The first-order valence-corrected chi connectivity index (χ1v) is 10.6. The van der Waals surface area contributed by atoms with Gasteiger partial charge in [-0.3, -0.25) is 4.99 Å². The Morgan fingerprint density at radius 1 is 1.21 bits per heavy atom. The van der Waals surface area contributed by atoms with E-state index in [0.717, 1.165) is 38.2 Å². The van der Waals surface area contributed by atoms with Crippen molar-refractivity contribution >= 4 is 36.0 Å². The van der Waals surface area contributed by atoms with Crippen molar-refractivity contribution in [2.45, 2.75) is 51.3 Å². The quantitative estimate of drug-likeness (QED) is 0.565. The number of fused-ring (bicyclic) bond motifs is 1. The number of nitrogens with one attached hydrogen (secondary N) is 1. The molecule has 3 heterocycles. The topological polar surface area (TPSA) is 63.6 Å². The smallest absolute Gasteiger partial charge is 0.410 e. The average Bonchev–Trinajstić information content (AvgIpc) is 3.03. The van der Waals surface area contributed by atoms with Crippen LogP contribution in [-0.2, 0) is 4.74 Å². The summed E-state index contributed by atoms with van der Waals surface area (Å²) in [6, 6.07) is 0.991. The van der Waals surface area contributed by atoms with Gasteiger partial charge in [-0.25, -0.2) is 4.79 Å². The van der Waals surface area contributed by atoms with Gasteiger partial charge in [0.25, 0.3) is 0 Å². The Morgan fingerprint density at radius 2 is 1.90 bits per heavy atom. The van der Waals surface area contributed by atoms with E-state index in [9.17, 15) is 4.79 Å². The minimum atomic E-state index is -0.450. The van der Waals surface area contributed by atoms with Gasteiger partial charge in [-0.1, -0.05) is 0 Å². The number of amides is 1. The lowest BCUT2D eigenvalue weighted by molar-refractivity contribution is 0.0137. The van der Waals surface area contributed by atoms with Crippen LogP contribution in [0.2, 0.25) is 0 Å². The molecule has 9 heteroatoms. The molecule has 1 amide bonds. The Kier molecular flexibility index (Phi) is 8.84. The van der Waals surface area contributed by atoms with Gasteiger partial charge in [0.05, 0.1) is 12.6 Å². The number of hydrogen-bond donors (Lipinski definition) is 1. The fourth-order valence-corrected chi connectivity index (χ4v) is 4.21. The molecule has 0 aromatic carbocycles. The number of piperazine rings is 1. The molecule has 2 saturated heterocycles. The van der Waals surface area contributed by atoms with Crippen molar-refractivity contribution < 1.29 is 9.53 Å². The molecule has 3 rings (SSSR count). The Balaban J connectivity index is 0.00000300. The minimum absolute atomic E-state index is 0. The molecule has 3 aliphatic rings. The molecule has 0 aliphatic carbocycles. The van der Waals surface area contributed by atoms with Gasteiger partial charge in [-0.05, 0) is 60.8 Å². The van der Waals surface area contributed by atoms with E-state index >= 15 is 0 Å². The van der Waals surface area contributed by atoms with Crippen molar-refractivity contribution in [1.29, 1.82) is 0 Å². The fraction of sp³-hybridized carbons (Fsp3) is 0.900. The first-order valence-electron chi connectivity index (χ1n) is 10.6. The Labute approximate surface area is 193 Å². The molecule has 1 unspecified atom stereocenters. The van der Waals surface area contributed by atoms with Crippen molar-refractivity contribution in [3.8, 4) is 0 Å². The molecule has 3 aliphatic heterocycles. The summed E-state index contributed by atoms with van der Waals surface area (Å²) in [5.74, 6) is 0.997. The SMILES string of the molecule is CN(C)C1CCN(CCNC2=NCC3CN(C(=O)OC(C)(C)C)CCN23)CC1.I. The third-order valence-electron chi connectivity index (χ3n) is 5.86. The normalized spacial score (nSPS) is 23.5. The van der Waals surface area contributed by atoms with Crippen LogP contribution in [0.25, 0.3) is 0 Å². The number of piperidine rings is 1. The van der Waals surface area contributed by atoms with Gasteiger partial charge >= 0.3 is 6.09 Å². The lowest BCUT2D eigenvalue weighted by Crippen LogP contribution is -2.58. The van der Waals surface area contributed by atoms with Crippen molar-refractivity contribution in [2.75, 3.05) is 66.5 Å². The number of halogens is 1. The first-order chi connectivity index (χ1) is 13.2. The van der Waals surface area contributed by atoms with Crippen LogP contribution in [0.5, 0.6) is 0 Å². The van der Waals surface area contributed by atoms with Crippen molar-refractivity contribution in [3.05, 3.63) is 0 Å². The monoisotopic (exact) mass is 522 g/mol. The van der Waals surface area contributed by atoms with Crippen LogP contribution in [0.4, 0.5) is 4.79 Å². The molecule has 0 bridgehead atoms. The van der Waals surface area contributed by atoms with Crippen LogP contribution < -0.4 is 5.32 Å². The Morgan fingerprint density at radius 3 is 2.52 bits per heavy atom. The van der Waals surface area contributed by atoms with Crippen molar-refractivity contribution in [1.82, 2.24) is 24.9 Å². The van der Waals surface area contributed by atoms with Crippen molar-refractivity contribution in [3.63, 3.8) is 0 Å². The highest BCUT2D eigenvalue weighted by atomic mass is 127. The number of rotatable bonds is 4. The molecule has 8 nitrogen and oxygen atoms in total. The van der Waals surface area contributed by atoms with Gasteiger partial charge in [-0.2, -0.15) is 0 Å². The molecule has 1 atom stereocenters. The second-order valence-electron chi connectivity index (χ2n) is 9.40. The summed E-state index contributed by atoms with van der Waals surface area (Å²) in [5, 5.41) is 3.53. The zero-order valence-corrected chi connectivity index (χ0v) is 21.0. The second kappa shape index (κ2) is 10.5. The van der Waals surface area contributed by atoms with Crippen molar-refractivity contribution in [2.24, 2.45) is 4.99 Å². The summed E-state index contributed by atoms with van der Waals surface area (Å²) < 4.78 is 5.51. The van der Waals surface area contributed by atoms with E-state index in [0.29, 0.717) is 13.1 Å². The average molecular weight is 522 g/mol. The molecule has 29 heavy (non-hydrogen) atoms. The maximum absolute atomic E-state index is 12.3. The molecule has 0 spiro atoms. The number of carbonyl (C=O) groups excluding carboxylic acids is 1. The van der Waals surface area contributed by atoms with Crippen LogP contribution in [0.15, 0.2) is 4.99 Å². The number of aliphatic imine (C=N–C) groups is 1. The van der Waals surface area contributed by atoms with E-state index in [-0.39, 0.29) is 36.1 Å². The third-order valence-corrected chi connectivity index (χ3v) is 5.86. The van der Waals surface area contributed by atoms with E-state index in [4.69, 9.17) is 9.73 Å². The van der Waals surface area contributed by atoms with Crippen LogP contribution in [0.1, 0.15) is 33.6 Å². The van der Waals surface area contributed by atoms with E-state index in [1.807, 2.05) is 25.7 Å². The summed E-state index contributed by atoms with van der Waals surface area (Å²) in [6.07, 6.45) is 2.29. The minimum Gasteiger partial charge on any atom is -0.444 e. The Bertz CT molecular complexity index is 572. The molecule has 0 saturated carbocycles. The molecular formula is C20H39IN6O2. The van der Waals surface area contributed by atoms with Crippen LogP contribution >= 0.6 is 24.0 Å². The summed E-state index contributed by atoms with van der Waals surface area (Å²) in [5.41, 5.74) is -0.450. The number of nitrogens with zero attached hydrogens (tertiary/aromatic N) is 5. The maximum Gasteiger partial charge on any atom is 0.410 e. The number of guanidine groups is 1. The zero-order chi connectivity index (χ0) is 20.3. The summed E-state index contributed by atoms with van der Waals surface area (Å²) >= 11 is 0. The van der Waals surface area contributed by atoms with Crippen LogP contribution in [0.3, 0.4) is 0 Å². The van der Waals surface area contributed by atoms with E-state index < -0.39 is 5.60 Å². The molecule has 0 aromatic rings. The van der Waals surface area contributed by atoms with Crippen LogP contribution in [-0.4, -0.2) is 116 Å². The lowest BCUT2D eigenvalue weighted by Gasteiger charge is -2.39. The largest absolute Gasteiger partial charge is 0.444 e. The van der Waals surface area contributed by atoms with Gasteiger partial charge in [0.2, 0.25) is 0 Å². The van der Waals surface area contributed by atoms with E-state index in [1.54, 1.807) is 0 Å². The number of ether oxygens (including phenoxy) is 1. The van der Waals surface area contributed by atoms with Gasteiger partial charge in [0.1, 0.15) is 5.60 Å². The van der Waals surface area contributed by atoms with Gasteiger partial charge < -0.3 is 29.7 Å². The molecule has 2 fully saturated rings. The molecule has 1 N–H and O–H groups in total. The number of carbonyl (C=O) groups is 1. The van der Waals surface area contributed by atoms with Gasteiger partial charge in [-0.15, -0.1) is 24.0 Å². The van der Waals surface area contributed by atoms with E-state index in [2.05, 4.69) is 34.1 Å². The summed E-state index contributed by atoms with van der Waals surface area (Å²) in [6.45, 7) is 13.0.